The summed E-state index contributed by atoms with van der Waals surface area (Å²) in [5.41, 5.74) is 8.04. The number of anilines is 1. The van der Waals surface area contributed by atoms with Gasteiger partial charge in [0.15, 0.2) is 0 Å². The van der Waals surface area contributed by atoms with Crippen molar-refractivity contribution in [2.24, 2.45) is 5.92 Å². The summed E-state index contributed by atoms with van der Waals surface area (Å²) < 4.78 is 12.2. The Morgan fingerprint density at radius 1 is 1.08 bits per heavy atom. The molecule has 0 unspecified atom stereocenters. The van der Waals surface area contributed by atoms with Crippen molar-refractivity contribution in [2.75, 3.05) is 25.7 Å². The minimum absolute atomic E-state index is 0.00413. The highest BCUT2D eigenvalue weighted by atomic mass is 16.5. The van der Waals surface area contributed by atoms with E-state index in [2.05, 4.69) is 67.4 Å². The number of ether oxygens (including phenoxy) is 2. The molecule has 2 aromatic rings. The summed E-state index contributed by atoms with van der Waals surface area (Å²) in [6, 6.07) is 17.8. The van der Waals surface area contributed by atoms with Gasteiger partial charge in [-0.2, -0.15) is 0 Å². The molecule has 3 aliphatic rings. The summed E-state index contributed by atoms with van der Waals surface area (Å²) in [5, 5.41) is 0. The molecule has 0 spiro atoms. The lowest BCUT2D eigenvalue weighted by Gasteiger charge is -2.41. The second kappa shape index (κ2) is 5.97. The molecule has 26 heavy (non-hydrogen) atoms. The summed E-state index contributed by atoms with van der Waals surface area (Å²) in [6.45, 7) is 2.99. The number of hydrogen-bond acceptors (Lipinski definition) is 3. The zero-order valence-corrected chi connectivity index (χ0v) is 15.6. The highest BCUT2D eigenvalue weighted by Gasteiger charge is 2.52. The zero-order chi connectivity index (χ0) is 17.8. The fourth-order valence-corrected chi connectivity index (χ4v) is 5.08. The van der Waals surface area contributed by atoms with Gasteiger partial charge in [-0.15, -0.1) is 0 Å². The molecular weight excluding hydrogens is 322 g/mol. The summed E-state index contributed by atoms with van der Waals surface area (Å²) in [6.07, 6.45) is 1.35. The van der Waals surface area contributed by atoms with Crippen molar-refractivity contribution in [3.8, 4) is 0 Å². The molecule has 0 aromatic heterocycles. The second-order valence-corrected chi connectivity index (χ2v) is 7.70. The van der Waals surface area contributed by atoms with Crippen molar-refractivity contribution in [1.82, 2.24) is 0 Å². The topological polar surface area (TPSA) is 21.7 Å². The van der Waals surface area contributed by atoms with Gasteiger partial charge >= 0.3 is 0 Å². The molecular formula is C23H25NO2. The first-order valence-corrected chi connectivity index (χ1v) is 9.48. The van der Waals surface area contributed by atoms with Gasteiger partial charge < -0.3 is 14.4 Å². The number of aryl methyl sites for hydroxylation is 1. The monoisotopic (exact) mass is 347 g/mol. The lowest BCUT2D eigenvalue weighted by Crippen LogP contribution is -2.43. The SMILES string of the molecule is CO[C@@H]1C2=C(c3ccccc3N(C)[C@@H]1c1ccc(C)cc1)[C@H]1CCO[C@@H]21. The summed E-state index contributed by atoms with van der Waals surface area (Å²) in [4.78, 5) is 2.39. The van der Waals surface area contributed by atoms with Gasteiger partial charge in [0, 0.05) is 37.9 Å². The maximum Gasteiger partial charge on any atom is 0.106 e. The standard InChI is InChI=1S/C23H25NO2/c1-14-8-10-15(11-9-14)21-23(25-3)20-19(17-12-13-26-22(17)20)16-6-4-5-7-18(16)24(21)2/h4-11,17,21-23H,12-13H2,1-3H3/t17-,21-,22-,23-/m1/s1. The number of fused-ring (bicyclic) bond motifs is 5. The fraction of sp³-hybridized carbons (Fsp3) is 0.391. The third kappa shape index (κ3) is 2.14. The Labute approximate surface area is 155 Å². The van der Waals surface area contributed by atoms with Crippen LogP contribution in [0.1, 0.15) is 29.2 Å². The largest absolute Gasteiger partial charge is 0.374 e. The average molecular weight is 347 g/mol. The van der Waals surface area contributed by atoms with Crippen LogP contribution in [-0.2, 0) is 9.47 Å². The number of nitrogens with zero attached hydrogens (tertiary/aromatic N) is 1. The smallest absolute Gasteiger partial charge is 0.106 e. The van der Waals surface area contributed by atoms with Crippen LogP contribution in [0.3, 0.4) is 0 Å². The molecule has 2 aliphatic heterocycles. The van der Waals surface area contributed by atoms with E-state index in [1.165, 1.54) is 33.5 Å². The third-order valence-electron chi connectivity index (χ3n) is 6.34. The van der Waals surface area contributed by atoms with Crippen molar-refractivity contribution in [3.63, 3.8) is 0 Å². The maximum absolute atomic E-state index is 6.13. The molecule has 134 valence electrons. The molecule has 0 N–H and O–H groups in total. The van der Waals surface area contributed by atoms with Gasteiger partial charge in [-0.3, -0.25) is 0 Å². The normalized spacial score (nSPS) is 29.6. The van der Waals surface area contributed by atoms with Crippen LogP contribution >= 0.6 is 0 Å². The molecule has 0 amide bonds. The van der Waals surface area contributed by atoms with Gasteiger partial charge in [0.1, 0.15) is 6.10 Å². The van der Waals surface area contributed by atoms with Crippen LogP contribution in [0, 0.1) is 12.8 Å². The predicted molar refractivity (Wildman–Crippen MR) is 104 cm³/mol. The molecule has 1 saturated heterocycles. The van der Waals surface area contributed by atoms with Crippen LogP contribution in [0.25, 0.3) is 5.57 Å². The number of methoxy groups -OCH3 is 1. The van der Waals surface area contributed by atoms with E-state index in [0.717, 1.165) is 13.0 Å². The Morgan fingerprint density at radius 2 is 1.85 bits per heavy atom. The van der Waals surface area contributed by atoms with Gasteiger partial charge in [-0.25, -0.2) is 0 Å². The van der Waals surface area contributed by atoms with Gasteiger partial charge in [-0.1, -0.05) is 48.0 Å². The number of para-hydroxylation sites is 1. The minimum Gasteiger partial charge on any atom is -0.374 e. The first-order chi connectivity index (χ1) is 12.7. The van der Waals surface area contributed by atoms with E-state index in [1.54, 1.807) is 0 Å². The first kappa shape index (κ1) is 16.1. The average Bonchev–Trinajstić information content (AvgIpc) is 3.02. The highest BCUT2D eigenvalue weighted by Crippen LogP contribution is 2.56. The van der Waals surface area contributed by atoms with Gasteiger partial charge in [0.05, 0.1) is 12.1 Å². The van der Waals surface area contributed by atoms with Crippen LogP contribution in [0.15, 0.2) is 54.1 Å². The lowest BCUT2D eigenvalue weighted by molar-refractivity contribution is 0.0515. The van der Waals surface area contributed by atoms with Crippen LogP contribution in [0.2, 0.25) is 0 Å². The Bertz CT molecular complexity index is 870. The minimum atomic E-state index is 0.00413. The summed E-state index contributed by atoms with van der Waals surface area (Å²) >= 11 is 0. The third-order valence-corrected chi connectivity index (χ3v) is 6.34. The van der Waals surface area contributed by atoms with Crippen molar-refractivity contribution in [2.45, 2.75) is 31.6 Å². The lowest BCUT2D eigenvalue weighted by atomic mass is 9.68. The number of hydrogen-bond donors (Lipinski definition) is 0. The fourth-order valence-electron chi connectivity index (χ4n) is 5.08. The van der Waals surface area contributed by atoms with E-state index in [9.17, 15) is 0 Å². The Morgan fingerprint density at radius 3 is 2.62 bits per heavy atom. The summed E-state index contributed by atoms with van der Waals surface area (Å²) in [5.74, 6) is 0.522. The van der Waals surface area contributed by atoms with E-state index < -0.39 is 0 Å². The molecule has 1 aliphatic carbocycles. The van der Waals surface area contributed by atoms with Crippen LogP contribution in [0.5, 0.6) is 0 Å². The molecule has 2 aromatic carbocycles. The quantitative estimate of drug-likeness (QED) is 0.805. The molecule has 4 atom stereocenters. The van der Waals surface area contributed by atoms with Crippen LogP contribution in [-0.4, -0.2) is 33.0 Å². The molecule has 5 rings (SSSR count). The number of benzene rings is 2. The molecule has 2 heterocycles. The predicted octanol–water partition coefficient (Wildman–Crippen LogP) is 4.37. The van der Waals surface area contributed by atoms with Crippen molar-refractivity contribution in [1.29, 1.82) is 0 Å². The van der Waals surface area contributed by atoms with Gasteiger partial charge in [0.2, 0.25) is 0 Å². The van der Waals surface area contributed by atoms with Crippen molar-refractivity contribution >= 4 is 11.3 Å². The van der Waals surface area contributed by atoms with E-state index in [1.807, 2.05) is 7.11 Å². The second-order valence-electron chi connectivity index (χ2n) is 7.70. The molecule has 0 radical (unpaired) electrons. The molecule has 0 bridgehead atoms. The first-order valence-electron chi connectivity index (χ1n) is 9.48. The van der Waals surface area contributed by atoms with Crippen molar-refractivity contribution < 1.29 is 9.47 Å². The maximum atomic E-state index is 6.13. The van der Waals surface area contributed by atoms with E-state index in [-0.39, 0.29) is 18.2 Å². The van der Waals surface area contributed by atoms with E-state index in [4.69, 9.17) is 9.47 Å². The Balaban J connectivity index is 1.72. The number of likely N-dealkylation sites (N-methyl/N-ethyl adjacent to an activating group) is 1. The summed E-state index contributed by atoms with van der Waals surface area (Å²) in [7, 11) is 4.03. The van der Waals surface area contributed by atoms with Crippen LogP contribution < -0.4 is 4.90 Å². The molecule has 3 nitrogen and oxygen atoms in total. The molecule has 3 heteroatoms. The van der Waals surface area contributed by atoms with Gasteiger partial charge in [-0.05, 0) is 36.1 Å². The van der Waals surface area contributed by atoms with E-state index >= 15 is 0 Å². The molecule has 0 saturated carbocycles. The highest BCUT2D eigenvalue weighted by molar-refractivity contribution is 5.87. The number of rotatable bonds is 2. The van der Waals surface area contributed by atoms with Crippen molar-refractivity contribution in [3.05, 3.63) is 70.8 Å². The zero-order valence-electron chi connectivity index (χ0n) is 15.6. The van der Waals surface area contributed by atoms with Crippen LogP contribution in [0.4, 0.5) is 5.69 Å². The van der Waals surface area contributed by atoms with Gasteiger partial charge in [0.25, 0.3) is 0 Å². The Hall–Kier alpha value is -2.10. The van der Waals surface area contributed by atoms with E-state index in [0.29, 0.717) is 5.92 Å². The Kier molecular flexibility index (Phi) is 3.70. The molecule has 1 fully saturated rings.